The van der Waals surface area contributed by atoms with Crippen molar-refractivity contribution < 1.29 is 14.7 Å². The Bertz CT molecular complexity index is 478. The van der Waals surface area contributed by atoms with Crippen LogP contribution in [0.1, 0.15) is 33.0 Å². The Hall–Kier alpha value is -2.12. The molecule has 1 aromatic heterocycles. The van der Waals surface area contributed by atoms with Crippen LogP contribution in [0, 0.1) is 5.41 Å². The third-order valence-corrected chi connectivity index (χ3v) is 2.78. The van der Waals surface area contributed by atoms with E-state index < -0.39 is 18.0 Å². The van der Waals surface area contributed by atoms with Crippen LogP contribution >= 0.6 is 0 Å². The van der Waals surface area contributed by atoms with Crippen LogP contribution in [-0.2, 0) is 18.4 Å². The Kier molecular flexibility index (Phi) is 5.06. The topological polar surface area (TPSA) is 109 Å². The van der Waals surface area contributed by atoms with E-state index >= 15 is 0 Å². The van der Waals surface area contributed by atoms with Gasteiger partial charge in [0.05, 0.1) is 13.0 Å². The quantitative estimate of drug-likeness (QED) is 0.729. The lowest BCUT2D eigenvalue weighted by molar-refractivity contribution is -0.138. The van der Waals surface area contributed by atoms with Crippen LogP contribution in [0.3, 0.4) is 0 Å². The minimum Gasteiger partial charge on any atom is -0.481 e. The van der Waals surface area contributed by atoms with E-state index in [0.29, 0.717) is 5.82 Å². The SMILES string of the molecule is Cn1cnc(CNC(=O)NC(CC(=O)O)C(C)(C)C)n1. The van der Waals surface area contributed by atoms with Gasteiger partial charge in [0, 0.05) is 13.1 Å². The van der Waals surface area contributed by atoms with Gasteiger partial charge in [0.2, 0.25) is 0 Å². The molecule has 1 rings (SSSR count). The van der Waals surface area contributed by atoms with Gasteiger partial charge >= 0.3 is 12.0 Å². The van der Waals surface area contributed by atoms with Gasteiger partial charge in [-0.2, -0.15) is 5.10 Å². The average molecular weight is 283 g/mol. The molecule has 0 aromatic carbocycles. The molecule has 0 bridgehead atoms. The van der Waals surface area contributed by atoms with Gasteiger partial charge in [0.15, 0.2) is 5.82 Å². The molecule has 0 aliphatic rings. The number of nitrogens with one attached hydrogen (secondary N) is 2. The molecule has 8 nitrogen and oxygen atoms in total. The molecule has 1 heterocycles. The Morgan fingerprint density at radius 2 is 2.10 bits per heavy atom. The monoisotopic (exact) mass is 283 g/mol. The highest BCUT2D eigenvalue weighted by atomic mass is 16.4. The van der Waals surface area contributed by atoms with Crippen molar-refractivity contribution in [1.82, 2.24) is 25.4 Å². The van der Waals surface area contributed by atoms with Crippen LogP contribution in [0.2, 0.25) is 0 Å². The zero-order valence-corrected chi connectivity index (χ0v) is 12.2. The van der Waals surface area contributed by atoms with Gasteiger partial charge in [0.25, 0.3) is 0 Å². The van der Waals surface area contributed by atoms with Crippen LogP contribution in [0.4, 0.5) is 4.79 Å². The van der Waals surface area contributed by atoms with Crippen molar-refractivity contribution in [1.29, 1.82) is 0 Å². The molecule has 8 heteroatoms. The number of carboxylic acid groups (broad SMARTS) is 1. The fraction of sp³-hybridized carbons (Fsp3) is 0.667. The highest BCUT2D eigenvalue weighted by molar-refractivity contribution is 5.75. The summed E-state index contributed by atoms with van der Waals surface area (Å²) in [5.41, 5.74) is -0.348. The van der Waals surface area contributed by atoms with E-state index in [1.807, 2.05) is 20.8 Å². The summed E-state index contributed by atoms with van der Waals surface area (Å²) in [5, 5.41) is 18.2. The summed E-state index contributed by atoms with van der Waals surface area (Å²) in [6.07, 6.45) is 1.41. The number of hydrogen-bond acceptors (Lipinski definition) is 4. The number of rotatable bonds is 5. The Balaban J connectivity index is 2.51. The first kappa shape index (κ1) is 15.9. The minimum absolute atomic E-state index is 0.126. The molecule has 0 saturated heterocycles. The first-order valence-corrected chi connectivity index (χ1v) is 6.29. The van der Waals surface area contributed by atoms with Crippen molar-refractivity contribution in [2.45, 2.75) is 39.8 Å². The van der Waals surface area contributed by atoms with Gasteiger partial charge in [-0.25, -0.2) is 9.78 Å². The molecule has 3 N–H and O–H groups in total. The van der Waals surface area contributed by atoms with Gasteiger partial charge in [-0.05, 0) is 5.41 Å². The molecule has 0 saturated carbocycles. The van der Waals surface area contributed by atoms with Crippen molar-refractivity contribution in [3.05, 3.63) is 12.2 Å². The number of aliphatic carboxylic acids is 1. The highest BCUT2D eigenvalue weighted by Crippen LogP contribution is 2.21. The molecule has 0 aliphatic carbocycles. The molecular formula is C12H21N5O3. The van der Waals surface area contributed by atoms with Crippen LogP contribution in [0.15, 0.2) is 6.33 Å². The van der Waals surface area contributed by atoms with Crippen molar-refractivity contribution in [2.24, 2.45) is 12.5 Å². The minimum atomic E-state index is -0.948. The maximum atomic E-state index is 11.8. The van der Waals surface area contributed by atoms with Crippen molar-refractivity contribution in [2.75, 3.05) is 0 Å². The van der Waals surface area contributed by atoms with Crippen LogP contribution < -0.4 is 10.6 Å². The first-order chi connectivity index (χ1) is 9.18. The van der Waals surface area contributed by atoms with Crippen molar-refractivity contribution in [3.8, 4) is 0 Å². The van der Waals surface area contributed by atoms with E-state index in [9.17, 15) is 9.59 Å². The number of carboxylic acids is 1. The summed E-state index contributed by atoms with van der Waals surface area (Å²) in [6, 6.07) is -0.893. The smallest absolute Gasteiger partial charge is 0.315 e. The van der Waals surface area contributed by atoms with E-state index in [1.165, 1.54) is 11.0 Å². The predicted octanol–water partition coefficient (Wildman–Crippen LogP) is 0.504. The van der Waals surface area contributed by atoms with Crippen LogP contribution in [0.5, 0.6) is 0 Å². The third kappa shape index (κ3) is 5.25. The molecule has 0 radical (unpaired) electrons. The molecule has 2 amide bonds. The third-order valence-electron chi connectivity index (χ3n) is 2.78. The van der Waals surface area contributed by atoms with Gasteiger partial charge in [-0.15, -0.1) is 0 Å². The molecule has 1 aromatic rings. The number of amides is 2. The molecule has 0 fully saturated rings. The molecule has 0 spiro atoms. The molecule has 1 atom stereocenters. The van der Waals surface area contributed by atoms with Crippen LogP contribution in [-0.4, -0.2) is 37.9 Å². The maximum absolute atomic E-state index is 11.8. The lowest BCUT2D eigenvalue weighted by atomic mass is 9.85. The van der Waals surface area contributed by atoms with Gasteiger partial charge in [0.1, 0.15) is 6.33 Å². The number of urea groups is 1. The van der Waals surface area contributed by atoms with E-state index in [-0.39, 0.29) is 18.4 Å². The summed E-state index contributed by atoms with van der Waals surface area (Å²) in [5.74, 6) is -0.454. The van der Waals surface area contributed by atoms with E-state index in [4.69, 9.17) is 5.11 Å². The van der Waals surface area contributed by atoms with Gasteiger partial charge in [-0.1, -0.05) is 20.8 Å². The Morgan fingerprint density at radius 3 is 2.55 bits per heavy atom. The maximum Gasteiger partial charge on any atom is 0.315 e. The normalized spacial score (nSPS) is 12.8. The summed E-state index contributed by atoms with van der Waals surface area (Å²) in [4.78, 5) is 26.6. The largest absolute Gasteiger partial charge is 0.481 e. The van der Waals surface area contributed by atoms with Crippen molar-refractivity contribution in [3.63, 3.8) is 0 Å². The number of aromatic nitrogens is 3. The lowest BCUT2D eigenvalue weighted by Gasteiger charge is -2.30. The summed E-state index contributed by atoms with van der Waals surface area (Å²) in [7, 11) is 1.74. The van der Waals surface area contributed by atoms with Crippen molar-refractivity contribution >= 4 is 12.0 Å². The molecule has 20 heavy (non-hydrogen) atoms. The summed E-state index contributed by atoms with van der Waals surface area (Å²) < 4.78 is 1.54. The second-order valence-electron chi connectivity index (χ2n) is 5.68. The average Bonchev–Trinajstić information content (AvgIpc) is 2.70. The first-order valence-electron chi connectivity index (χ1n) is 6.29. The fourth-order valence-electron chi connectivity index (χ4n) is 1.58. The molecular weight excluding hydrogens is 262 g/mol. The zero-order chi connectivity index (χ0) is 15.3. The summed E-state index contributed by atoms with van der Waals surface area (Å²) >= 11 is 0. The van der Waals surface area contributed by atoms with Gasteiger partial charge < -0.3 is 15.7 Å². The molecule has 1 unspecified atom stereocenters. The fourth-order valence-corrected chi connectivity index (χ4v) is 1.58. The Morgan fingerprint density at radius 1 is 1.45 bits per heavy atom. The molecule has 0 aliphatic heterocycles. The number of hydrogen-bond donors (Lipinski definition) is 3. The predicted molar refractivity (Wildman–Crippen MR) is 71.9 cm³/mol. The molecule has 112 valence electrons. The zero-order valence-electron chi connectivity index (χ0n) is 12.2. The second kappa shape index (κ2) is 6.36. The number of aryl methyl sites for hydroxylation is 1. The number of nitrogens with zero attached hydrogens (tertiary/aromatic N) is 3. The second-order valence-corrected chi connectivity index (χ2v) is 5.68. The Labute approximate surface area is 117 Å². The number of carbonyl (C=O) groups excluding carboxylic acids is 1. The standard InChI is InChI=1S/C12H21N5O3/c1-12(2,3)8(5-10(18)19)15-11(20)13-6-9-14-7-17(4)16-9/h7-8H,5-6H2,1-4H3,(H,18,19)(H2,13,15,20). The summed E-state index contributed by atoms with van der Waals surface area (Å²) in [6.45, 7) is 5.82. The van der Waals surface area contributed by atoms with E-state index in [1.54, 1.807) is 7.05 Å². The lowest BCUT2D eigenvalue weighted by Crippen LogP contribution is -2.48. The highest BCUT2D eigenvalue weighted by Gasteiger charge is 2.28. The number of carbonyl (C=O) groups is 2. The van der Waals surface area contributed by atoms with Gasteiger partial charge in [-0.3, -0.25) is 9.48 Å². The van der Waals surface area contributed by atoms with E-state index in [0.717, 1.165) is 0 Å². The van der Waals surface area contributed by atoms with E-state index in [2.05, 4.69) is 20.7 Å². The van der Waals surface area contributed by atoms with Crippen LogP contribution in [0.25, 0.3) is 0 Å².